The molecular weight excluding hydrogens is 352 g/mol. The predicted octanol–water partition coefficient (Wildman–Crippen LogP) is 3.90. The van der Waals surface area contributed by atoms with Crippen LogP contribution in [0.2, 0.25) is 0 Å². The van der Waals surface area contributed by atoms with E-state index in [4.69, 9.17) is 4.52 Å². The standard InChI is InChI=1S/C22H24N4O2/c1-16-7-5-6-10-19(16)21-24-20(28-25-21)15-26-13-11-17(12-14-26)22(27)23-18-8-3-2-4-9-18/h2-10,17H,11-15H2,1H3,(H,23,27). The highest BCUT2D eigenvalue weighted by Gasteiger charge is 2.26. The number of benzene rings is 2. The fourth-order valence-corrected chi connectivity index (χ4v) is 3.56. The van der Waals surface area contributed by atoms with Crippen LogP contribution in [0.4, 0.5) is 5.69 Å². The first kappa shape index (κ1) is 18.4. The molecule has 0 spiro atoms. The molecule has 144 valence electrons. The van der Waals surface area contributed by atoms with Gasteiger partial charge in [-0.2, -0.15) is 4.98 Å². The van der Waals surface area contributed by atoms with Crippen LogP contribution in [0.1, 0.15) is 24.3 Å². The molecule has 1 aliphatic rings. The number of aromatic nitrogens is 2. The number of nitrogens with zero attached hydrogens (tertiary/aromatic N) is 3. The van der Waals surface area contributed by atoms with Crippen molar-refractivity contribution in [3.63, 3.8) is 0 Å². The highest BCUT2D eigenvalue weighted by Crippen LogP contribution is 2.23. The first-order chi connectivity index (χ1) is 13.7. The van der Waals surface area contributed by atoms with E-state index in [2.05, 4.69) is 20.4 Å². The molecule has 0 atom stereocenters. The van der Waals surface area contributed by atoms with Crippen LogP contribution in [0.25, 0.3) is 11.4 Å². The van der Waals surface area contributed by atoms with Crippen LogP contribution in [-0.4, -0.2) is 34.0 Å². The van der Waals surface area contributed by atoms with Gasteiger partial charge in [-0.15, -0.1) is 0 Å². The molecule has 2 heterocycles. The number of anilines is 1. The van der Waals surface area contributed by atoms with Crippen LogP contribution in [0.5, 0.6) is 0 Å². The van der Waals surface area contributed by atoms with Crippen molar-refractivity contribution in [1.29, 1.82) is 0 Å². The normalized spacial score (nSPS) is 15.5. The number of carbonyl (C=O) groups is 1. The van der Waals surface area contributed by atoms with Gasteiger partial charge in [0.25, 0.3) is 0 Å². The van der Waals surface area contributed by atoms with Gasteiger partial charge < -0.3 is 9.84 Å². The maximum atomic E-state index is 12.5. The summed E-state index contributed by atoms with van der Waals surface area (Å²) >= 11 is 0. The SMILES string of the molecule is Cc1ccccc1-c1noc(CN2CCC(C(=O)Nc3ccccc3)CC2)n1. The number of hydrogen-bond acceptors (Lipinski definition) is 5. The van der Waals surface area contributed by atoms with Gasteiger partial charge in [0.1, 0.15) is 0 Å². The predicted molar refractivity (Wildman–Crippen MR) is 108 cm³/mol. The van der Waals surface area contributed by atoms with Crippen molar-refractivity contribution >= 4 is 11.6 Å². The average molecular weight is 376 g/mol. The van der Waals surface area contributed by atoms with Gasteiger partial charge in [0.15, 0.2) is 0 Å². The molecule has 1 saturated heterocycles. The number of aryl methyl sites for hydroxylation is 1. The molecule has 1 aromatic heterocycles. The zero-order valence-electron chi connectivity index (χ0n) is 16.0. The smallest absolute Gasteiger partial charge is 0.241 e. The number of amides is 1. The van der Waals surface area contributed by atoms with Crippen molar-refractivity contribution in [2.75, 3.05) is 18.4 Å². The molecule has 0 radical (unpaired) electrons. The van der Waals surface area contributed by atoms with E-state index < -0.39 is 0 Å². The van der Waals surface area contributed by atoms with Gasteiger partial charge in [-0.25, -0.2) is 0 Å². The molecular formula is C22H24N4O2. The fraction of sp³-hybridized carbons (Fsp3) is 0.318. The van der Waals surface area contributed by atoms with Gasteiger partial charge in [0.2, 0.25) is 17.6 Å². The van der Waals surface area contributed by atoms with E-state index in [1.54, 1.807) is 0 Å². The summed E-state index contributed by atoms with van der Waals surface area (Å²) in [4.78, 5) is 19.3. The van der Waals surface area contributed by atoms with E-state index in [9.17, 15) is 4.79 Å². The third kappa shape index (κ3) is 4.28. The molecule has 6 nitrogen and oxygen atoms in total. The summed E-state index contributed by atoms with van der Waals surface area (Å²) in [6.07, 6.45) is 1.66. The number of carbonyl (C=O) groups excluding carboxylic acids is 1. The molecule has 1 N–H and O–H groups in total. The Bertz CT molecular complexity index is 930. The van der Waals surface area contributed by atoms with Gasteiger partial charge in [-0.3, -0.25) is 9.69 Å². The maximum Gasteiger partial charge on any atom is 0.241 e. The maximum absolute atomic E-state index is 12.5. The molecule has 3 aromatic rings. The van der Waals surface area contributed by atoms with Gasteiger partial charge in [-0.1, -0.05) is 47.6 Å². The van der Waals surface area contributed by atoms with Crippen molar-refractivity contribution < 1.29 is 9.32 Å². The van der Waals surface area contributed by atoms with Crippen molar-refractivity contribution in [2.24, 2.45) is 5.92 Å². The number of nitrogens with one attached hydrogen (secondary N) is 1. The zero-order valence-corrected chi connectivity index (χ0v) is 16.0. The van der Waals surface area contributed by atoms with E-state index in [-0.39, 0.29) is 11.8 Å². The third-order valence-corrected chi connectivity index (χ3v) is 5.21. The summed E-state index contributed by atoms with van der Waals surface area (Å²) < 4.78 is 5.45. The van der Waals surface area contributed by atoms with E-state index in [1.807, 2.05) is 61.5 Å². The molecule has 1 amide bonds. The van der Waals surface area contributed by atoms with Crippen molar-refractivity contribution in [3.8, 4) is 11.4 Å². The molecule has 0 aliphatic carbocycles. The molecule has 2 aromatic carbocycles. The molecule has 1 aliphatic heterocycles. The number of rotatable bonds is 5. The van der Waals surface area contributed by atoms with Crippen LogP contribution in [0.15, 0.2) is 59.1 Å². The van der Waals surface area contributed by atoms with Gasteiger partial charge in [0.05, 0.1) is 6.54 Å². The Labute approximate surface area is 164 Å². The zero-order chi connectivity index (χ0) is 19.3. The number of para-hydroxylation sites is 1. The highest BCUT2D eigenvalue weighted by atomic mass is 16.5. The second-order valence-electron chi connectivity index (χ2n) is 7.23. The lowest BCUT2D eigenvalue weighted by Crippen LogP contribution is -2.37. The number of likely N-dealkylation sites (tertiary alicyclic amines) is 1. The van der Waals surface area contributed by atoms with E-state index in [0.717, 1.165) is 42.7 Å². The minimum Gasteiger partial charge on any atom is -0.338 e. The molecule has 0 unspecified atom stereocenters. The van der Waals surface area contributed by atoms with E-state index in [0.29, 0.717) is 18.3 Å². The van der Waals surface area contributed by atoms with Crippen LogP contribution < -0.4 is 5.32 Å². The van der Waals surface area contributed by atoms with Crippen LogP contribution >= 0.6 is 0 Å². The van der Waals surface area contributed by atoms with Crippen molar-refractivity contribution in [3.05, 3.63) is 66.1 Å². The van der Waals surface area contributed by atoms with Crippen LogP contribution in [-0.2, 0) is 11.3 Å². The number of hydrogen-bond donors (Lipinski definition) is 1. The van der Waals surface area contributed by atoms with Crippen LogP contribution in [0, 0.1) is 12.8 Å². The molecule has 6 heteroatoms. The second-order valence-corrected chi connectivity index (χ2v) is 7.23. The summed E-state index contributed by atoms with van der Waals surface area (Å²) in [5, 5.41) is 7.13. The Morgan fingerprint density at radius 2 is 1.82 bits per heavy atom. The van der Waals surface area contributed by atoms with E-state index in [1.165, 1.54) is 0 Å². The van der Waals surface area contributed by atoms with Gasteiger partial charge in [-0.05, 0) is 50.6 Å². The molecule has 28 heavy (non-hydrogen) atoms. The molecule has 4 rings (SSSR count). The highest BCUT2D eigenvalue weighted by molar-refractivity contribution is 5.92. The third-order valence-electron chi connectivity index (χ3n) is 5.21. The summed E-state index contributed by atoms with van der Waals surface area (Å²) in [5.74, 6) is 1.39. The lowest BCUT2D eigenvalue weighted by atomic mass is 9.96. The first-order valence-electron chi connectivity index (χ1n) is 9.66. The molecule has 0 bridgehead atoms. The lowest BCUT2D eigenvalue weighted by molar-refractivity contribution is -0.121. The fourth-order valence-electron chi connectivity index (χ4n) is 3.56. The lowest BCUT2D eigenvalue weighted by Gasteiger charge is -2.30. The molecule has 0 saturated carbocycles. The summed E-state index contributed by atoms with van der Waals surface area (Å²) in [6.45, 7) is 4.34. The Morgan fingerprint density at radius 3 is 2.57 bits per heavy atom. The summed E-state index contributed by atoms with van der Waals surface area (Å²) in [6, 6.07) is 17.6. The minimum atomic E-state index is 0.0432. The van der Waals surface area contributed by atoms with Crippen LogP contribution in [0.3, 0.4) is 0 Å². The Morgan fingerprint density at radius 1 is 1.11 bits per heavy atom. The number of piperidine rings is 1. The largest absolute Gasteiger partial charge is 0.338 e. The summed E-state index contributed by atoms with van der Waals surface area (Å²) in [7, 11) is 0. The monoisotopic (exact) mass is 376 g/mol. The second kappa shape index (κ2) is 8.35. The van der Waals surface area contributed by atoms with Gasteiger partial charge >= 0.3 is 0 Å². The van der Waals surface area contributed by atoms with Crippen molar-refractivity contribution in [2.45, 2.75) is 26.3 Å². The average Bonchev–Trinajstić information content (AvgIpc) is 3.18. The minimum absolute atomic E-state index is 0.0432. The van der Waals surface area contributed by atoms with E-state index >= 15 is 0 Å². The summed E-state index contributed by atoms with van der Waals surface area (Å²) in [5.41, 5.74) is 2.97. The van der Waals surface area contributed by atoms with Gasteiger partial charge in [0, 0.05) is 17.2 Å². The Balaban J connectivity index is 1.30. The topological polar surface area (TPSA) is 71.3 Å². The Kier molecular flexibility index (Phi) is 5.48. The quantitative estimate of drug-likeness (QED) is 0.731. The molecule has 1 fully saturated rings. The first-order valence-corrected chi connectivity index (χ1v) is 9.66. The Hall–Kier alpha value is -2.99. The van der Waals surface area contributed by atoms with Crippen molar-refractivity contribution in [1.82, 2.24) is 15.0 Å².